The molecule has 0 radical (unpaired) electrons. The highest BCUT2D eigenvalue weighted by Crippen LogP contribution is 2.20. The van der Waals surface area contributed by atoms with Crippen molar-refractivity contribution in [3.05, 3.63) is 22.9 Å². The highest BCUT2D eigenvalue weighted by molar-refractivity contribution is 9.10. The number of pyridine rings is 1. The van der Waals surface area contributed by atoms with Gasteiger partial charge in [0.2, 0.25) is 10.0 Å². The molecule has 112 valence electrons. The van der Waals surface area contributed by atoms with Crippen molar-refractivity contribution in [1.82, 2.24) is 13.6 Å². The maximum atomic E-state index is 12.4. The van der Waals surface area contributed by atoms with Crippen LogP contribution in [0.4, 0.5) is 0 Å². The Kier molecular flexibility index (Phi) is 4.47. The standard InChI is InChI=1S/C9H13BrN4O4S2/c10-8-5-9(7-12-6-8)19(15,16)13-1-3-14(4-2-13)20(11,17)18/h5-7H,1-4H2,(H2,11,17,18). The molecular formula is C9H13BrN4O4S2. The van der Waals surface area contributed by atoms with E-state index < -0.39 is 20.2 Å². The molecule has 0 aromatic carbocycles. The quantitative estimate of drug-likeness (QED) is 0.743. The maximum Gasteiger partial charge on any atom is 0.276 e. The van der Waals surface area contributed by atoms with Crippen LogP contribution in [-0.4, -0.2) is 56.6 Å². The van der Waals surface area contributed by atoms with Crippen LogP contribution in [0.2, 0.25) is 0 Å². The molecule has 0 amide bonds. The van der Waals surface area contributed by atoms with E-state index >= 15 is 0 Å². The van der Waals surface area contributed by atoms with Crippen molar-refractivity contribution in [2.75, 3.05) is 26.2 Å². The van der Waals surface area contributed by atoms with Gasteiger partial charge in [-0.3, -0.25) is 4.98 Å². The van der Waals surface area contributed by atoms with Crippen LogP contribution in [0.15, 0.2) is 27.8 Å². The number of sulfonamides is 1. The second kappa shape index (κ2) is 5.66. The van der Waals surface area contributed by atoms with Gasteiger partial charge in [-0.1, -0.05) is 0 Å². The van der Waals surface area contributed by atoms with Crippen molar-refractivity contribution >= 4 is 36.2 Å². The zero-order chi connectivity index (χ0) is 15.0. The van der Waals surface area contributed by atoms with Gasteiger partial charge in [-0.05, 0) is 22.0 Å². The molecule has 1 aliphatic heterocycles. The smallest absolute Gasteiger partial charge is 0.262 e. The minimum Gasteiger partial charge on any atom is -0.262 e. The molecule has 0 aliphatic carbocycles. The predicted octanol–water partition coefficient (Wildman–Crippen LogP) is -0.646. The van der Waals surface area contributed by atoms with Gasteiger partial charge in [0.15, 0.2) is 0 Å². The zero-order valence-electron chi connectivity index (χ0n) is 10.3. The number of hydrogen-bond acceptors (Lipinski definition) is 5. The van der Waals surface area contributed by atoms with Crippen molar-refractivity contribution < 1.29 is 16.8 Å². The van der Waals surface area contributed by atoms with E-state index in [1.165, 1.54) is 22.8 Å². The average molecular weight is 385 g/mol. The zero-order valence-corrected chi connectivity index (χ0v) is 13.5. The van der Waals surface area contributed by atoms with Crippen molar-refractivity contribution in [1.29, 1.82) is 0 Å². The normalized spacial score (nSPS) is 19.1. The van der Waals surface area contributed by atoms with Gasteiger partial charge in [0.05, 0.1) is 0 Å². The third kappa shape index (κ3) is 3.35. The molecule has 2 N–H and O–H groups in total. The molecule has 1 saturated heterocycles. The van der Waals surface area contributed by atoms with Gasteiger partial charge >= 0.3 is 0 Å². The molecule has 1 aliphatic rings. The minimum atomic E-state index is -3.77. The first kappa shape index (κ1) is 15.8. The summed E-state index contributed by atoms with van der Waals surface area (Å²) >= 11 is 3.16. The fourth-order valence-electron chi connectivity index (χ4n) is 1.85. The molecule has 1 fully saturated rings. The van der Waals surface area contributed by atoms with Crippen LogP contribution in [0.1, 0.15) is 0 Å². The van der Waals surface area contributed by atoms with E-state index in [9.17, 15) is 16.8 Å². The Hall–Kier alpha value is -0.590. The highest BCUT2D eigenvalue weighted by Gasteiger charge is 2.31. The van der Waals surface area contributed by atoms with E-state index in [4.69, 9.17) is 5.14 Å². The summed E-state index contributed by atoms with van der Waals surface area (Å²) in [6, 6.07) is 1.45. The Balaban J connectivity index is 2.18. The van der Waals surface area contributed by atoms with Crippen LogP contribution in [0, 0.1) is 0 Å². The molecule has 20 heavy (non-hydrogen) atoms. The molecule has 0 spiro atoms. The molecule has 2 heterocycles. The molecule has 11 heteroatoms. The van der Waals surface area contributed by atoms with E-state index in [0.29, 0.717) is 4.47 Å². The molecule has 0 bridgehead atoms. The Morgan fingerprint density at radius 2 is 1.60 bits per heavy atom. The number of aromatic nitrogens is 1. The van der Waals surface area contributed by atoms with E-state index in [0.717, 1.165) is 4.31 Å². The second-order valence-corrected chi connectivity index (χ2v) is 8.59. The molecule has 0 atom stereocenters. The van der Waals surface area contributed by atoms with Crippen molar-refractivity contribution in [3.8, 4) is 0 Å². The topological polar surface area (TPSA) is 114 Å². The highest BCUT2D eigenvalue weighted by atomic mass is 79.9. The molecule has 1 aromatic rings. The van der Waals surface area contributed by atoms with Crippen LogP contribution in [0.25, 0.3) is 0 Å². The fourth-order valence-corrected chi connectivity index (χ4v) is 4.45. The first-order chi connectivity index (χ1) is 9.21. The Morgan fingerprint density at radius 1 is 1.05 bits per heavy atom. The summed E-state index contributed by atoms with van der Waals surface area (Å²) in [6.07, 6.45) is 2.74. The summed E-state index contributed by atoms with van der Waals surface area (Å²) in [7, 11) is -7.45. The average Bonchev–Trinajstić information content (AvgIpc) is 2.38. The lowest BCUT2D eigenvalue weighted by Crippen LogP contribution is -2.52. The summed E-state index contributed by atoms with van der Waals surface area (Å²) in [6.45, 7) is 0.204. The Labute approximate surface area is 125 Å². The van der Waals surface area contributed by atoms with Crippen molar-refractivity contribution in [3.63, 3.8) is 0 Å². The van der Waals surface area contributed by atoms with Gasteiger partial charge in [-0.25, -0.2) is 13.6 Å². The third-order valence-corrected chi connectivity index (χ3v) is 6.26. The number of halogens is 1. The number of rotatable bonds is 3. The lowest BCUT2D eigenvalue weighted by molar-refractivity contribution is 0.273. The summed E-state index contributed by atoms with van der Waals surface area (Å²) in [5, 5.41) is 5.01. The lowest BCUT2D eigenvalue weighted by Gasteiger charge is -2.32. The van der Waals surface area contributed by atoms with Crippen LogP contribution >= 0.6 is 15.9 Å². The summed E-state index contributed by atoms with van der Waals surface area (Å²) < 4.78 is 49.9. The maximum absolute atomic E-state index is 12.4. The fraction of sp³-hybridized carbons (Fsp3) is 0.444. The Bertz CT molecular complexity index is 698. The van der Waals surface area contributed by atoms with Gasteiger partial charge in [-0.2, -0.15) is 17.0 Å². The minimum absolute atomic E-state index is 0.0412. The van der Waals surface area contributed by atoms with E-state index in [1.54, 1.807) is 0 Å². The molecular weight excluding hydrogens is 372 g/mol. The molecule has 8 nitrogen and oxygen atoms in total. The Morgan fingerprint density at radius 3 is 2.10 bits per heavy atom. The summed E-state index contributed by atoms with van der Waals surface area (Å²) in [5.74, 6) is 0. The predicted molar refractivity (Wildman–Crippen MR) is 75.4 cm³/mol. The van der Waals surface area contributed by atoms with Gasteiger partial charge in [0.25, 0.3) is 10.2 Å². The van der Waals surface area contributed by atoms with Crippen LogP contribution in [0.3, 0.4) is 0 Å². The molecule has 0 unspecified atom stereocenters. The number of hydrogen-bond donors (Lipinski definition) is 1. The van der Waals surface area contributed by atoms with Gasteiger partial charge in [0.1, 0.15) is 4.90 Å². The van der Waals surface area contributed by atoms with E-state index in [2.05, 4.69) is 20.9 Å². The van der Waals surface area contributed by atoms with Crippen LogP contribution in [0.5, 0.6) is 0 Å². The number of piperazine rings is 1. The van der Waals surface area contributed by atoms with Gasteiger partial charge < -0.3 is 0 Å². The molecule has 0 saturated carbocycles. The summed E-state index contributed by atoms with van der Waals surface area (Å²) in [5.41, 5.74) is 0. The second-order valence-electron chi connectivity index (χ2n) is 4.19. The van der Waals surface area contributed by atoms with E-state index in [-0.39, 0.29) is 31.1 Å². The first-order valence-corrected chi connectivity index (χ1v) is 9.33. The lowest BCUT2D eigenvalue weighted by atomic mass is 10.4. The SMILES string of the molecule is NS(=O)(=O)N1CCN(S(=O)(=O)c2cncc(Br)c2)CC1. The monoisotopic (exact) mass is 384 g/mol. The van der Waals surface area contributed by atoms with E-state index in [1.807, 2.05) is 0 Å². The first-order valence-electron chi connectivity index (χ1n) is 5.60. The van der Waals surface area contributed by atoms with Gasteiger partial charge in [-0.15, -0.1) is 0 Å². The number of nitrogens with two attached hydrogens (primary N) is 1. The number of nitrogens with zero attached hydrogens (tertiary/aromatic N) is 3. The van der Waals surface area contributed by atoms with Crippen LogP contribution in [-0.2, 0) is 20.2 Å². The summed E-state index contributed by atoms with van der Waals surface area (Å²) in [4.78, 5) is 3.89. The largest absolute Gasteiger partial charge is 0.276 e. The van der Waals surface area contributed by atoms with Crippen molar-refractivity contribution in [2.45, 2.75) is 4.90 Å². The van der Waals surface area contributed by atoms with Crippen LogP contribution < -0.4 is 5.14 Å². The molecule has 2 rings (SSSR count). The van der Waals surface area contributed by atoms with Crippen molar-refractivity contribution in [2.24, 2.45) is 5.14 Å². The molecule has 1 aromatic heterocycles. The third-order valence-electron chi connectivity index (χ3n) is 2.88. The van der Waals surface area contributed by atoms with Gasteiger partial charge in [0, 0.05) is 43.0 Å².